The molecule has 0 heterocycles. The summed E-state index contributed by atoms with van der Waals surface area (Å²) in [6.45, 7) is 0. The molecule has 4 heteroatoms. The summed E-state index contributed by atoms with van der Waals surface area (Å²) in [6, 6.07) is 15.7. The van der Waals surface area contributed by atoms with Gasteiger partial charge < -0.3 is 9.59 Å². The van der Waals surface area contributed by atoms with E-state index in [1.807, 2.05) is 6.07 Å². The van der Waals surface area contributed by atoms with Crippen LogP contribution in [-0.4, -0.2) is 26.5 Å². The van der Waals surface area contributed by atoms with Crippen LogP contribution in [0.25, 0.3) is 0 Å². The van der Waals surface area contributed by atoms with Gasteiger partial charge in [-0.15, -0.1) is 0 Å². The van der Waals surface area contributed by atoms with Crippen LogP contribution < -0.4 is 5.46 Å². The van der Waals surface area contributed by atoms with Gasteiger partial charge in [0.15, 0.2) is 7.85 Å². The molecule has 0 saturated heterocycles. The van der Waals surface area contributed by atoms with E-state index in [1.165, 1.54) is 7.28 Å². The van der Waals surface area contributed by atoms with Gasteiger partial charge >= 0.3 is 0 Å². The second-order valence-corrected chi connectivity index (χ2v) is 3.83. The largest absolute Gasteiger partial charge is 0.308 e. The minimum Gasteiger partial charge on any atom is -0.308 e. The Labute approximate surface area is 108 Å². The topological polar surface area (TPSA) is 34.1 Å². The lowest BCUT2D eigenvalue weighted by molar-refractivity contribution is 0.107. The number of hydrogen-bond donors (Lipinski definition) is 0. The smallest absolute Gasteiger partial charge is 0.248 e. The van der Waals surface area contributed by atoms with Crippen LogP contribution in [0.5, 0.6) is 0 Å². The predicted octanol–water partition coefficient (Wildman–Crippen LogP) is 1.17. The minimum absolute atomic E-state index is 0.149. The number of hydrogen-bond acceptors (Lipinski definition) is 2. The Kier molecular flexibility index (Phi) is 3.78. The summed E-state index contributed by atoms with van der Waals surface area (Å²) in [5.74, 6) is 0. The minimum atomic E-state index is -0.539. The molecule has 18 heavy (non-hydrogen) atoms. The lowest BCUT2D eigenvalue weighted by Gasteiger charge is -2.05. The first-order valence-electron chi connectivity index (χ1n) is 5.51. The molecule has 3 radical (unpaired) electrons. The molecule has 2 nitrogen and oxygen atoms in total. The predicted molar refractivity (Wildman–Crippen MR) is 72.7 cm³/mol. The molecule has 0 spiro atoms. The van der Waals surface area contributed by atoms with E-state index < -0.39 is 5.68 Å². The fourth-order valence-corrected chi connectivity index (χ4v) is 1.67. The lowest BCUT2D eigenvalue weighted by atomic mass is 9.61. The summed E-state index contributed by atoms with van der Waals surface area (Å²) in [5.41, 5.74) is 0.782. The van der Waals surface area contributed by atoms with Crippen LogP contribution >= 0.6 is 0 Å². The molecule has 0 aromatic heterocycles. The molecular formula is C14H9B2O2. The van der Waals surface area contributed by atoms with Crippen molar-refractivity contribution >= 4 is 32.0 Å². The van der Waals surface area contributed by atoms with Crippen molar-refractivity contribution in [2.45, 2.75) is 0 Å². The molecule has 2 rings (SSSR count). The zero-order valence-corrected chi connectivity index (χ0v) is 9.67. The first-order valence-corrected chi connectivity index (χ1v) is 5.51. The van der Waals surface area contributed by atoms with E-state index >= 15 is 0 Å². The molecule has 0 aliphatic rings. The summed E-state index contributed by atoms with van der Waals surface area (Å²) in [6.07, 6.45) is 0. The highest BCUT2D eigenvalue weighted by atomic mass is 16.1. The van der Waals surface area contributed by atoms with Crippen LogP contribution in [0.3, 0.4) is 0 Å². The number of rotatable bonds is 4. The van der Waals surface area contributed by atoms with Gasteiger partial charge in [-0.3, -0.25) is 0 Å². The highest BCUT2D eigenvalue weighted by Gasteiger charge is 2.13. The van der Waals surface area contributed by atoms with Crippen molar-refractivity contribution in [1.29, 1.82) is 0 Å². The summed E-state index contributed by atoms with van der Waals surface area (Å²) in [4.78, 5) is 23.2. The van der Waals surface area contributed by atoms with Gasteiger partial charge in [0, 0.05) is 11.1 Å². The third-order valence-electron chi connectivity index (χ3n) is 2.57. The molecule has 0 aliphatic carbocycles. The molecule has 0 amide bonds. The molecule has 2 aromatic carbocycles. The molecule has 0 fully saturated rings. The van der Waals surface area contributed by atoms with Crippen molar-refractivity contribution in [2.24, 2.45) is 0 Å². The summed E-state index contributed by atoms with van der Waals surface area (Å²) < 4.78 is 0. The first-order chi connectivity index (χ1) is 8.68. The molecule has 0 N–H and O–H groups in total. The van der Waals surface area contributed by atoms with E-state index in [1.54, 1.807) is 48.5 Å². The quantitative estimate of drug-likeness (QED) is 0.739. The van der Waals surface area contributed by atoms with E-state index in [9.17, 15) is 9.59 Å². The molecule has 0 unspecified atom stereocenters. The second-order valence-electron chi connectivity index (χ2n) is 3.83. The van der Waals surface area contributed by atoms with Gasteiger partial charge in [-0.25, -0.2) is 0 Å². The fraction of sp³-hybridized carbons (Fsp3) is 0. The standard InChI is InChI=1S/C14H9B2O2/c15-13(17)11-8-4-5-9-12(11)16-14(18)10-6-2-1-3-7-10/h1-9H. The average Bonchev–Trinajstić information content (AvgIpc) is 2.40. The summed E-state index contributed by atoms with van der Waals surface area (Å²) in [5, 5.41) is 0. The molecule has 83 valence electrons. The van der Waals surface area contributed by atoms with E-state index in [0.29, 0.717) is 16.6 Å². The van der Waals surface area contributed by atoms with Gasteiger partial charge in [0.2, 0.25) is 7.28 Å². The Morgan fingerprint density at radius 2 is 1.50 bits per heavy atom. The molecular weight excluding hydrogens is 222 g/mol. The lowest BCUT2D eigenvalue weighted by Crippen LogP contribution is -2.29. The molecule has 0 saturated carbocycles. The van der Waals surface area contributed by atoms with Crippen LogP contribution in [0.15, 0.2) is 54.6 Å². The maximum Gasteiger partial charge on any atom is 0.248 e. The Bertz CT molecular complexity index is 579. The molecule has 0 aliphatic heterocycles. The van der Waals surface area contributed by atoms with Crippen LogP contribution in [-0.2, 0) is 0 Å². The Morgan fingerprint density at radius 1 is 0.889 bits per heavy atom. The van der Waals surface area contributed by atoms with Crippen LogP contribution in [0, 0.1) is 0 Å². The molecule has 0 bridgehead atoms. The van der Waals surface area contributed by atoms with Gasteiger partial charge in [0.05, 0.1) is 0 Å². The van der Waals surface area contributed by atoms with Gasteiger partial charge in [-0.05, 0) is 0 Å². The number of carbonyl (C=O) groups excluding carboxylic acids is 2. The first kappa shape index (κ1) is 12.4. The Hall–Kier alpha value is -2.09. The monoisotopic (exact) mass is 231 g/mol. The number of benzene rings is 2. The van der Waals surface area contributed by atoms with Gasteiger partial charge in [-0.2, -0.15) is 0 Å². The summed E-state index contributed by atoms with van der Waals surface area (Å²) in [7, 11) is 6.68. The van der Waals surface area contributed by atoms with Crippen molar-refractivity contribution in [3.05, 3.63) is 65.7 Å². The van der Waals surface area contributed by atoms with Crippen LogP contribution in [0.2, 0.25) is 0 Å². The Morgan fingerprint density at radius 3 is 2.17 bits per heavy atom. The van der Waals surface area contributed by atoms with Crippen molar-refractivity contribution in [3.63, 3.8) is 0 Å². The Balaban J connectivity index is 2.25. The summed E-state index contributed by atoms with van der Waals surface area (Å²) >= 11 is 0. The maximum absolute atomic E-state index is 12.0. The van der Waals surface area contributed by atoms with Gasteiger partial charge in [0.25, 0.3) is 0 Å². The zero-order valence-electron chi connectivity index (χ0n) is 9.67. The zero-order chi connectivity index (χ0) is 13.0. The van der Waals surface area contributed by atoms with Gasteiger partial charge in [-0.1, -0.05) is 60.1 Å². The van der Waals surface area contributed by atoms with E-state index in [0.717, 1.165) is 0 Å². The van der Waals surface area contributed by atoms with Crippen molar-refractivity contribution in [3.8, 4) is 0 Å². The van der Waals surface area contributed by atoms with Crippen molar-refractivity contribution in [2.75, 3.05) is 0 Å². The van der Waals surface area contributed by atoms with Gasteiger partial charge in [0.1, 0.15) is 11.4 Å². The third-order valence-corrected chi connectivity index (χ3v) is 2.57. The van der Waals surface area contributed by atoms with E-state index in [4.69, 9.17) is 7.85 Å². The normalized spacial score (nSPS) is 9.78. The highest BCUT2D eigenvalue weighted by molar-refractivity contribution is 6.88. The highest BCUT2D eigenvalue weighted by Crippen LogP contribution is 2.01. The molecule has 2 aromatic rings. The van der Waals surface area contributed by atoms with E-state index in [-0.39, 0.29) is 5.68 Å². The van der Waals surface area contributed by atoms with Crippen LogP contribution in [0.1, 0.15) is 20.7 Å². The second kappa shape index (κ2) is 5.50. The average molecular weight is 231 g/mol. The van der Waals surface area contributed by atoms with E-state index in [2.05, 4.69) is 0 Å². The van der Waals surface area contributed by atoms with Crippen molar-refractivity contribution in [1.82, 2.24) is 0 Å². The van der Waals surface area contributed by atoms with Crippen molar-refractivity contribution < 1.29 is 9.59 Å². The fourth-order valence-electron chi connectivity index (χ4n) is 1.67. The SMILES string of the molecule is [B]C(=O)c1ccccc1[B]C(=O)c1ccccc1. The number of carbonyl (C=O) groups is 2. The maximum atomic E-state index is 12.0. The third kappa shape index (κ3) is 2.77. The van der Waals surface area contributed by atoms with Crippen LogP contribution in [0.4, 0.5) is 0 Å². The molecule has 0 atom stereocenters.